The molecule has 5 amide bonds. The number of amides is 5. The van der Waals surface area contributed by atoms with Crippen LogP contribution in [0, 0.1) is 11.8 Å². The maximum atomic E-state index is 13.4. The van der Waals surface area contributed by atoms with Crippen molar-refractivity contribution < 1.29 is 28.7 Å². The fourth-order valence-corrected chi connectivity index (χ4v) is 4.28. The highest BCUT2D eigenvalue weighted by molar-refractivity contribution is 5.93. The first-order valence-corrected chi connectivity index (χ1v) is 13.8. The molecule has 2 unspecified atom stereocenters. The third-order valence-electron chi connectivity index (χ3n) is 6.60. The number of ether oxygens (including phenoxy) is 1. The zero-order valence-corrected chi connectivity index (χ0v) is 24.0. The van der Waals surface area contributed by atoms with Gasteiger partial charge < -0.3 is 31.3 Å². The molecule has 11 heteroatoms. The Morgan fingerprint density at radius 3 is 2.25 bits per heavy atom. The molecule has 1 aliphatic heterocycles. The zero-order valence-electron chi connectivity index (χ0n) is 24.0. The molecule has 0 saturated heterocycles. The Labute approximate surface area is 236 Å². The van der Waals surface area contributed by atoms with Gasteiger partial charge in [-0.1, -0.05) is 64.1 Å². The molecule has 5 N–H and O–H groups in total. The molecule has 1 aromatic rings. The highest BCUT2D eigenvalue weighted by atomic mass is 16.5. The van der Waals surface area contributed by atoms with Crippen LogP contribution in [0.15, 0.2) is 42.5 Å². The number of hydrogen-bond donors (Lipinski definition) is 5. The van der Waals surface area contributed by atoms with Gasteiger partial charge in [0.25, 0.3) is 0 Å². The predicted octanol–water partition coefficient (Wildman–Crippen LogP) is 1.58. The summed E-state index contributed by atoms with van der Waals surface area (Å²) in [6.45, 7) is 7.53. The Hall–Kier alpha value is -3.89. The van der Waals surface area contributed by atoms with Gasteiger partial charge in [-0.05, 0) is 43.1 Å². The Balaban J connectivity index is 2.16. The Morgan fingerprint density at radius 1 is 0.975 bits per heavy atom. The lowest BCUT2D eigenvalue weighted by Gasteiger charge is -2.27. The second-order valence-corrected chi connectivity index (χ2v) is 10.6. The zero-order chi connectivity index (χ0) is 29.7. The summed E-state index contributed by atoms with van der Waals surface area (Å²) in [5.41, 5.74) is 0.979. The molecule has 0 aromatic heterocycles. The third-order valence-corrected chi connectivity index (χ3v) is 6.60. The number of esters is 1. The summed E-state index contributed by atoms with van der Waals surface area (Å²) in [5.74, 6) is -2.24. The average Bonchev–Trinajstić information content (AvgIpc) is 2.91. The second kappa shape index (κ2) is 16.3. The molecule has 0 bridgehead atoms. The van der Waals surface area contributed by atoms with E-state index in [1.54, 1.807) is 33.8 Å². The van der Waals surface area contributed by atoms with Gasteiger partial charge in [-0.25, -0.2) is 9.59 Å². The van der Waals surface area contributed by atoms with Crippen molar-refractivity contribution in [2.45, 2.75) is 77.5 Å². The van der Waals surface area contributed by atoms with E-state index in [2.05, 4.69) is 26.6 Å². The summed E-state index contributed by atoms with van der Waals surface area (Å²) in [5, 5.41) is 13.8. The molecule has 4 atom stereocenters. The minimum Gasteiger partial charge on any atom is -0.467 e. The molecule has 1 aliphatic rings. The predicted molar refractivity (Wildman–Crippen MR) is 151 cm³/mol. The van der Waals surface area contributed by atoms with Crippen molar-refractivity contribution in [2.24, 2.45) is 11.8 Å². The van der Waals surface area contributed by atoms with Crippen LogP contribution in [-0.4, -0.2) is 67.5 Å². The standard InChI is InChI=1S/C29H43N5O6/c1-18(2)24(33-29(39)34-25(19(3)4)28(38)40-5)27(37)32-22-13-9-10-16-30-23(35)15-14-21(31-26(22)36)17-20-11-7-6-8-12-20/h6-8,11-12,14-15,18-19,21-22,24-25H,9-10,13,16-17H2,1-5H3,(H,30,35)(H,31,36)(H,32,37)(H2,33,34,39)/b15-14+/t21-,22+,24?,25?/m1/s1. The van der Waals surface area contributed by atoms with Gasteiger partial charge in [0.05, 0.1) is 13.2 Å². The summed E-state index contributed by atoms with van der Waals surface area (Å²) in [4.78, 5) is 63.6. The first kappa shape index (κ1) is 32.3. The van der Waals surface area contributed by atoms with Gasteiger partial charge in [-0.15, -0.1) is 0 Å². The third kappa shape index (κ3) is 10.7. The van der Waals surface area contributed by atoms with Crippen molar-refractivity contribution in [3.8, 4) is 0 Å². The van der Waals surface area contributed by atoms with Crippen molar-refractivity contribution in [3.63, 3.8) is 0 Å². The minimum atomic E-state index is -0.959. The van der Waals surface area contributed by atoms with Crippen molar-refractivity contribution >= 4 is 29.7 Å². The van der Waals surface area contributed by atoms with Crippen LogP contribution in [0.1, 0.15) is 52.5 Å². The number of methoxy groups -OCH3 is 1. The lowest BCUT2D eigenvalue weighted by Crippen LogP contribution is -2.59. The molecule has 1 aromatic carbocycles. The largest absolute Gasteiger partial charge is 0.467 e. The maximum Gasteiger partial charge on any atom is 0.328 e. The molecule has 0 radical (unpaired) electrons. The molecule has 11 nitrogen and oxygen atoms in total. The van der Waals surface area contributed by atoms with Crippen molar-refractivity contribution in [1.82, 2.24) is 26.6 Å². The van der Waals surface area contributed by atoms with Crippen LogP contribution in [0.25, 0.3) is 0 Å². The fraction of sp³-hybridized carbons (Fsp3) is 0.552. The molecule has 220 valence electrons. The summed E-state index contributed by atoms with van der Waals surface area (Å²) in [6.07, 6.45) is 5.09. The topological polar surface area (TPSA) is 155 Å². The molecule has 0 fully saturated rings. The molecule has 0 aliphatic carbocycles. The molecular formula is C29H43N5O6. The van der Waals surface area contributed by atoms with E-state index in [0.717, 1.165) is 5.56 Å². The van der Waals surface area contributed by atoms with Crippen molar-refractivity contribution in [1.29, 1.82) is 0 Å². The number of rotatable bonds is 9. The molecule has 0 saturated carbocycles. The Morgan fingerprint density at radius 2 is 1.62 bits per heavy atom. The van der Waals surface area contributed by atoms with Gasteiger partial charge in [0.15, 0.2) is 0 Å². The van der Waals surface area contributed by atoms with E-state index in [1.807, 2.05) is 30.3 Å². The van der Waals surface area contributed by atoms with Crippen LogP contribution in [-0.2, 0) is 30.3 Å². The molecule has 40 heavy (non-hydrogen) atoms. The van der Waals surface area contributed by atoms with Crippen LogP contribution < -0.4 is 26.6 Å². The first-order chi connectivity index (χ1) is 19.0. The number of nitrogens with one attached hydrogen (secondary N) is 5. The van der Waals surface area contributed by atoms with Crippen LogP contribution in [0.3, 0.4) is 0 Å². The fourth-order valence-electron chi connectivity index (χ4n) is 4.28. The van der Waals surface area contributed by atoms with Gasteiger partial charge in [0, 0.05) is 12.6 Å². The summed E-state index contributed by atoms with van der Waals surface area (Å²) >= 11 is 0. The number of hydrogen-bond acceptors (Lipinski definition) is 6. The van der Waals surface area contributed by atoms with Crippen LogP contribution in [0.4, 0.5) is 4.79 Å². The SMILES string of the molecule is COC(=O)C(NC(=O)NC(C(=O)N[C@H]1CCCCNC(=O)/C=C/[C@H](Cc2ccccc2)NC1=O)C(C)C)C(C)C. The van der Waals surface area contributed by atoms with Gasteiger partial charge in [-0.3, -0.25) is 14.4 Å². The monoisotopic (exact) mass is 557 g/mol. The minimum absolute atomic E-state index is 0.228. The second-order valence-electron chi connectivity index (χ2n) is 10.6. The van der Waals surface area contributed by atoms with Crippen molar-refractivity contribution in [3.05, 3.63) is 48.0 Å². The van der Waals surface area contributed by atoms with Crippen LogP contribution in [0.5, 0.6) is 0 Å². The lowest BCUT2D eigenvalue weighted by molar-refractivity contribution is -0.144. The van der Waals surface area contributed by atoms with E-state index >= 15 is 0 Å². The van der Waals surface area contributed by atoms with Gasteiger partial charge in [-0.2, -0.15) is 0 Å². The maximum absolute atomic E-state index is 13.4. The highest BCUT2D eigenvalue weighted by Gasteiger charge is 2.31. The number of carbonyl (C=O) groups excluding carboxylic acids is 5. The van der Waals surface area contributed by atoms with E-state index in [1.165, 1.54) is 13.2 Å². The molecule has 0 spiro atoms. The van der Waals surface area contributed by atoms with Crippen molar-refractivity contribution in [2.75, 3.05) is 13.7 Å². The Bertz CT molecular complexity index is 1040. The van der Waals surface area contributed by atoms with E-state index in [4.69, 9.17) is 4.74 Å². The first-order valence-electron chi connectivity index (χ1n) is 13.8. The smallest absolute Gasteiger partial charge is 0.328 e. The quantitative estimate of drug-likeness (QED) is 0.291. The van der Waals surface area contributed by atoms with Crippen LogP contribution in [0.2, 0.25) is 0 Å². The van der Waals surface area contributed by atoms with E-state index in [-0.39, 0.29) is 23.7 Å². The van der Waals surface area contributed by atoms with Gasteiger partial charge >= 0.3 is 12.0 Å². The molecule has 1 heterocycles. The molecular weight excluding hydrogens is 514 g/mol. The average molecular weight is 558 g/mol. The van der Waals surface area contributed by atoms with E-state index in [0.29, 0.717) is 32.2 Å². The van der Waals surface area contributed by atoms with Gasteiger partial charge in [0.1, 0.15) is 18.1 Å². The van der Waals surface area contributed by atoms with Gasteiger partial charge in [0.2, 0.25) is 17.7 Å². The summed E-state index contributed by atoms with van der Waals surface area (Å²) in [6, 6.07) is 5.71. The normalized spacial score (nSPS) is 20.6. The highest BCUT2D eigenvalue weighted by Crippen LogP contribution is 2.10. The lowest BCUT2D eigenvalue weighted by atomic mass is 10.0. The number of benzene rings is 1. The van der Waals surface area contributed by atoms with Crippen LogP contribution >= 0.6 is 0 Å². The summed E-state index contributed by atoms with van der Waals surface area (Å²) < 4.78 is 4.76. The number of urea groups is 1. The number of carbonyl (C=O) groups is 5. The molecule has 2 rings (SSSR count). The Kier molecular flexibility index (Phi) is 13.1. The summed E-state index contributed by atoms with van der Waals surface area (Å²) in [7, 11) is 1.24. The van der Waals surface area contributed by atoms with E-state index < -0.39 is 42.1 Å². The van der Waals surface area contributed by atoms with E-state index in [9.17, 15) is 24.0 Å².